The van der Waals surface area contributed by atoms with Gasteiger partial charge in [0.05, 0.1) is 10.6 Å². The van der Waals surface area contributed by atoms with Crippen molar-refractivity contribution in [2.24, 2.45) is 0 Å². The lowest BCUT2D eigenvalue weighted by atomic mass is 10.0. The van der Waals surface area contributed by atoms with Crippen LogP contribution in [0.5, 0.6) is 0 Å². The standard InChI is InChI=1S/C20H21BrN2O4S/c1-14-12-17(6-7-18(14)21)28(25,26)22-10-8-16(9-11-22)23-19-5-3-2-4-15(19)13-27-20(23)24/h2-7,12,16H,8-11,13H2,1H3. The summed E-state index contributed by atoms with van der Waals surface area (Å²) in [5.41, 5.74) is 2.72. The van der Waals surface area contributed by atoms with Gasteiger partial charge in [0.25, 0.3) is 0 Å². The van der Waals surface area contributed by atoms with Gasteiger partial charge in [-0.1, -0.05) is 34.1 Å². The minimum absolute atomic E-state index is 0.0768. The number of benzene rings is 2. The number of para-hydroxylation sites is 1. The number of halogens is 1. The molecular formula is C20H21BrN2O4S. The van der Waals surface area contributed by atoms with Crippen LogP contribution in [-0.2, 0) is 21.4 Å². The average molecular weight is 465 g/mol. The van der Waals surface area contributed by atoms with Gasteiger partial charge in [-0.25, -0.2) is 13.2 Å². The van der Waals surface area contributed by atoms with Crippen LogP contribution < -0.4 is 4.90 Å². The predicted octanol–water partition coefficient (Wildman–Crippen LogP) is 4.07. The van der Waals surface area contributed by atoms with Crippen molar-refractivity contribution < 1.29 is 17.9 Å². The lowest BCUT2D eigenvalue weighted by Crippen LogP contribution is -2.50. The SMILES string of the molecule is Cc1cc(S(=O)(=O)N2CCC(N3C(=O)OCc4ccccc43)CC2)ccc1Br. The number of hydrogen-bond donors (Lipinski definition) is 0. The number of piperidine rings is 1. The third-order valence-electron chi connectivity index (χ3n) is 5.35. The fourth-order valence-corrected chi connectivity index (χ4v) is 5.59. The number of sulfonamides is 1. The molecule has 6 nitrogen and oxygen atoms in total. The molecule has 0 saturated carbocycles. The number of fused-ring (bicyclic) bond motifs is 1. The summed E-state index contributed by atoms with van der Waals surface area (Å²) in [4.78, 5) is 14.4. The summed E-state index contributed by atoms with van der Waals surface area (Å²) in [6.45, 7) is 2.89. The number of nitrogens with zero attached hydrogens (tertiary/aromatic N) is 2. The smallest absolute Gasteiger partial charge is 0.414 e. The van der Waals surface area contributed by atoms with Crippen molar-refractivity contribution in [3.05, 3.63) is 58.1 Å². The van der Waals surface area contributed by atoms with Crippen LogP contribution in [0.1, 0.15) is 24.0 Å². The topological polar surface area (TPSA) is 66.9 Å². The van der Waals surface area contributed by atoms with E-state index in [1.807, 2.05) is 31.2 Å². The number of carbonyl (C=O) groups excluding carboxylic acids is 1. The van der Waals surface area contributed by atoms with E-state index in [-0.39, 0.29) is 18.7 Å². The molecule has 2 aliphatic heterocycles. The van der Waals surface area contributed by atoms with Crippen LogP contribution in [0.15, 0.2) is 51.8 Å². The van der Waals surface area contributed by atoms with Gasteiger partial charge >= 0.3 is 6.09 Å². The molecule has 0 spiro atoms. The molecule has 1 amide bonds. The normalized spacial score (nSPS) is 18.6. The Kier molecular flexibility index (Phi) is 5.20. The molecule has 28 heavy (non-hydrogen) atoms. The summed E-state index contributed by atoms with van der Waals surface area (Å²) in [7, 11) is -3.55. The zero-order valence-electron chi connectivity index (χ0n) is 15.5. The first kappa shape index (κ1) is 19.4. The van der Waals surface area contributed by atoms with Gasteiger partial charge in [0, 0.05) is 29.2 Å². The quantitative estimate of drug-likeness (QED) is 0.686. The molecule has 0 unspecified atom stereocenters. The molecular weight excluding hydrogens is 444 g/mol. The maximum Gasteiger partial charge on any atom is 0.414 e. The Balaban J connectivity index is 1.52. The van der Waals surface area contributed by atoms with Crippen LogP contribution in [0, 0.1) is 6.92 Å². The van der Waals surface area contributed by atoms with Crippen molar-refractivity contribution in [3.63, 3.8) is 0 Å². The molecule has 8 heteroatoms. The molecule has 4 rings (SSSR count). The van der Waals surface area contributed by atoms with E-state index in [2.05, 4.69) is 15.9 Å². The second-order valence-corrected chi connectivity index (χ2v) is 9.89. The Bertz CT molecular complexity index is 1020. The van der Waals surface area contributed by atoms with Crippen molar-refractivity contribution in [1.82, 2.24) is 4.31 Å². The fourth-order valence-electron chi connectivity index (χ4n) is 3.79. The third-order valence-corrected chi connectivity index (χ3v) is 8.14. The van der Waals surface area contributed by atoms with Gasteiger partial charge in [-0.15, -0.1) is 0 Å². The average Bonchev–Trinajstić information content (AvgIpc) is 2.70. The van der Waals surface area contributed by atoms with E-state index in [1.54, 1.807) is 23.1 Å². The number of aryl methyl sites for hydroxylation is 1. The first-order chi connectivity index (χ1) is 13.4. The van der Waals surface area contributed by atoms with Crippen molar-refractivity contribution in [1.29, 1.82) is 0 Å². The summed E-state index contributed by atoms with van der Waals surface area (Å²) >= 11 is 3.41. The first-order valence-electron chi connectivity index (χ1n) is 9.18. The monoisotopic (exact) mass is 464 g/mol. The number of ether oxygens (including phenoxy) is 1. The van der Waals surface area contributed by atoms with Crippen LogP contribution >= 0.6 is 15.9 Å². The molecule has 2 aromatic rings. The van der Waals surface area contributed by atoms with Crippen LogP contribution in [0.25, 0.3) is 0 Å². The number of anilines is 1. The Morgan fingerprint density at radius 3 is 2.54 bits per heavy atom. The highest BCUT2D eigenvalue weighted by molar-refractivity contribution is 9.10. The summed E-state index contributed by atoms with van der Waals surface area (Å²) < 4.78 is 33.7. The number of amides is 1. The fraction of sp³-hybridized carbons (Fsp3) is 0.350. The van der Waals surface area contributed by atoms with Gasteiger partial charge in [-0.2, -0.15) is 4.31 Å². The summed E-state index contributed by atoms with van der Waals surface area (Å²) in [5.74, 6) is 0. The largest absolute Gasteiger partial charge is 0.444 e. The Morgan fingerprint density at radius 2 is 1.82 bits per heavy atom. The van der Waals surface area contributed by atoms with E-state index in [0.717, 1.165) is 21.3 Å². The highest BCUT2D eigenvalue weighted by Gasteiger charge is 2.37. The van der Waals surface area contributed by atoms with E-state index >= 15 is 0 Å². The van der Waals surface area contributed by atoms with Crippen molar-refractivity contribution in [2.45, 2.75) is 37.3 Å². The number of cyclic esters (lactones) is 1. The van der Waals surface area contributed by atoms with Gasteiger partial charge in [-0.3, -0.25) is 4.90 Å². The zero-order chi connectivity index (χ0) is 19.9. The molecule has 1 saturated heterocycles. The molecule has 0 radical (unpaired) electrons. The lowest BCUT2D eigenvalue weighted by molar-refractivity contribution is 0.136. The van der Waals surface area contributed by atoms with E-state index in [0.29, 0.717) is 30.8 Å². The Labute approximate surface area is 173 Å². The summed E-state index contributed by atoms with van der Waals surface area (Å²) in [5, 5.41) is 0. The Morgan fingerprint density at radius 1 is 1.11 bits per heavy atom. The predicted molar refractivity (Wildman–Crippen MR) is 110 cm³/mol. The second-order valence-electron chi connectivity index (χ2n) is 7.10. The highest BCUT2D eigenvalue weighted by atomic mass is 79.9. The molecule has 0 bridgehead atoms. The van der Waals surface area contributed by atoms with Crippen molar-refractivity contribution >= 4 is 37.7 Å². The molecule has 1 fully saturated rings. The van der Waals surface area contributed by atoms with Crippen LogP contribution in [0.2, 0.25) is 0 Å². The van der Waals surface area contributed by atoms with Gasteiger partial charge in [0.15, 0.2) is 0 Å². The van der Waals surface area contributed by atoms with E-state index in [4.69, 9.17) is 4.74 Å². The van der Waals surface area contributed by atoms with E-state index in [1.165, 1.54) is 4.31 Å². The van der Waals surface area contributed by atoms with Crippen molar-refractivity contribution in [3.8, 4) is 0 Å². The molecule has 0 N–H and O–H groups in total. The van der Waals surface area contributed by atoms with Crippen LogP contribution in [0.3, 0.4) is 0 Å². The minimum atomic E-state index is -3.55. The van der Waals surface area contributed by atoms with Crippen molar-refractivity contribution in [2.75, 3.05) is 18.0 Å². The second kappa shape index (κ2) is 7.50. The van der Waals surface area contributed by atoms with E-state index < -0.39 is 10.0 Å². The minimum Gasteiger partial charge on any atom is -0.444 e. The molecule has 148 valence electrons. The lowest BCUT2D eigenvalue weighted by Gasteiger charge is -2.39. The van der Waals surface area contributed by atoms with E-state index in [9.17, 15) is 13.2 Å². The number of rotatable bonds is 3. The summed E-state index contributed by atoms with van der Waals surface area (Å²) in [6.07, 6.45) is 0.777. The zero-order valence-corrected chi connectivity index (χ0v) is 17.9. The van der Waals surface area contributed by atoms with Gasteiger partial charge in [0.1, 0.15) is 6.61 Å². The maximum absolute atomic E-state index is 13.0. The molecule has 0 aliphatic carbocycles. The Hall–Kier alpha value is -1.90. The number of hydrogen-bond acceptors (Lipinski definition) is 4. The molecule has 0 aromatic heterocycles. The van der Waals surface area contributed by atoms with Gasteiger partial charge in [-0.05, 0) is 49.6 Å². The molecule has 2 aliphatic rings. The highest BCUT2D eigenvalue weighted by Crippen LogP contribution is 2.33. The van der Waals surface area contributed by atoms with Crippen LogP contribution in [-0.4, -0.2) is 37.9 Å². The molecule has 2 aromatic carbocycles. The van der Waals surface area contributed by atoms with Gasteiger partial charge in [0.2, 0.25) is 10.0 Å². The number of carbonyl (C=O) groups is 1. The van der Waals surface area contributed by atoms with Crippen LogP contribution in [0.4, 0.5) is 10.5 Å². The first-order valence-corrected chi connectivity index (χ1v) is 11.4. The summed E-state index contributed by atoms with van der Waals surface area (Å²) in [6, 6.07) is 12.7. The molecule has 2 heterocycles. The molecule has 0 atom stereocenters. The van der Waals surface area contributed by atoms with Gasteiger partial charge < -0.3 is 4.74 Å². The third kappa shape index (κ3) is 3.44. The maximum atomic E-state index is 13.0.